The van der Waals surface area contributed by atoms with E-state index in [4.69, 9.17) is 4.74 Å². The van der Waals surface area contributed by atoms with Gasteiger partial charge in [0.2, 0.25) is 0 Å². The Morgan fingerprint density at radius 2 is 1.67 bits per heavy atom. The van der Waals surface area contributed by atoms with Crippen molar-refractivity contribution < 1.29 is 4.74 Å². The molecular weight excluding hydrogens is 314 g/mol. The van der Waals surface area contributed by atoms with E-state index in [1.54, 1.807) is 18.9 Å². The summed E-state index contributed by atoms with van der Waals surface area (Å²) >= 11 is 1.76. The Kier molecular flexibility index (Phi) is 4.01. The molecule has 24 heavy (non-hydrogen) atoms. The van der Waals surface area contributed by atoms with Gasteiger partial charge in [-0.25, -0.2) is 0 Å². The second-order valence-corrected chi connectivity index (χ2v) is 6.57. The second-order valence-electron chi connectivity index (χ2n) is 5.51. The van der Waals surface area contributed by atoms with Gasteiger partial charge in [-0.1, -0.05) is 54.2 Å². The number of fused-ring (bicyclic) bond motifs is 1. The van der Waals surface area contributed by atoms with Crippen LogP contribution in [-0.4, -0.2) is 11.5 Å². The molecular formula is C21H17NOS. The quantitative estimate of drug-likeness (QED) is 0.471. The predicted octanol–water partition coefficient (Wildman–Crippen LogP) is 5.77. The molecule has 0 aliphatic rings. The molecule has 0 aliphatic heterocycles. The van der Waals surface area contributed by atoms with Crippen molar-refractivity contribution in [3.05, 3.63) is 85.1 Å². The van der Waals surface area contributed by atoms with Crippen LogP contribution in [-0.2, 0) is 0 Å². The van der Waals surface area contributed by atoms with Crippen LogP contribution in [0.4, 0.5) is 0 Å². The smallest absolute Gasteiger partial charge is 0.119 e. The van der Waals surface area contributed by atoms with E-state index in [0.29, 0.717) is 0 Å². The fraction of sp³-hybridized carbons (Fsp3) is 0.0476. The summed E-state index contributed by atoms with van der Waals surface area (Å²) in [5, 5.41) is 1.21. The van der Waals surface area contributed by atoms with Gasteiger partial charge in [-0.05, 0) is 42.0 Å². The van der Waals surface area contributed by atoms with Crippen LogP contribution in [0.25, 0.3) is 16.6 Å². The van der Waals surface area contributed by atoms with Crippen molar-refractivity contribution in [2.45, 2.75) is 9.92 Å². The summed E-state index contributed by atoms with van der Waals surface area (Å²) < 4.78 is 7.60. The Morgan fingerprint density at radius 1 is 0.833 bits per heavy atom. The maximum Gasteiger partial charge on any atom is 0.119 e. The Balaban J connectivity index is 1.86. The van der Waals surface area contributed by atoms with Gasteiger partial charge in [-0.15, -0.1) is 0 Å². The Hall–Kier alpha value is -2.65. The van der Waals surface area contributed by atoms with Crippen molar-refractivity contribution in [2.24, 2.45) is 0 Å². The average Bonchev–Trinajstić information content (AvgIpc) is 3.01. The number of ether oxygens (including phenoxy) is 1. The number of aromatic nitrogens is 1. The van der Waals surface area contributed by atoms with Crippen molar-refractivity contribution in [3.8, 4) is 16.9 Å². The fourth-order valence-electron chi connectivity index (χ4n) is 2.80. The minimum atomic E-state index is 0.877. The SMILES string of the molecule is COc1cccc(Sc2c(-c3ccccc3)cc3ccccn23)c1. The van der Waals surface area contributed by atoms with Crippen LogP contribution < -0.4 is 4.74 Å². The maximum absolute atomic E-state index is 5.36. The molecule has 2 heterocycles. The lowest BCUT2D eigenvalue weighted by molar-refractivity contribution is 0.413. The number of pyridine rings is 1. The first kappa shape index (κ1) is 14.9. The lowest BCUT2D eigenvalue weighted by Gasteiger charge is -2.08. The summed E-state index contributed by atoms with van der Waals surface area (Å²) in [6.45, 7) is 0. The first-order chi connectivity index (χ1) is 11.8. The van der Waals surface area contributed by atoms with Crippen LogP contribution in [0.1, 0.15) is 0 Å². The van der Waals surface area contributed by atoms with Crippen molar-refractivity contribution >= 4 is 17.3 Å². The normalized spacial score (nSPS) is 10.9. The molecule has 4 aromatic rings. The number of hydrogen-bond donors (Lipinski definition) is 0. The van der Waals surface area contributed by atoms with Crippen LogP contribution >= 0.6 is 11.8 Å². The molecule has 3 heteroatoms. The van der Waals surface area contributed by atoms with Crippen LogP contribution in [0.5, 0.6) is 5.75 Å². The van der Waals surface area contributed by atoms with Crippen molar-refractivity contribution in [1.29, 1.82) is 0 Å². The molecule has 0 spiro atoms. The zero-order chi connectivity index (χ0) is 16.4. The van der Waals surface area contributed by atoms with E-state index in [-0.39, 0.29) is 0 Å². The maximum atomic E-state index is 5.36. The predicted molar refractivity (Wildman–Crippen MR) is 100.0 cm³/mol. The number of methoxy groups -OCH3 is 1. The molecule has 0 N–H and O–H groups in total. The molecule has 0 saturated heterocycles. The molecule has 2 aromatic heterocycles. The molecule has 4 rings (SSSR count). The second kappa shape index (κ2) is 6.46. The first-order valence-corrected chi connectivity index (χ1v) is 8.64. The van der Waals surface area contributed by atoms with Gasteiger partial charge in [0.05, 0.1) is 12.1 Å². The number of rotatable bonds is 4. The third-order valence-corrected chi connectivity index (χ3v) is 5.07. The Morgan fingerprint density at radius 3 is 2.50 bits per heavy atom. The highest BCUT2D eigenvalue weighted by Gasteiger charge is 2.13. The Labute approximate surface area is 145 Å². The first-order valence-electron chi connectivity index (χ1n) is 7.82. The van der Waals surface area contributed by atoms with Gasteiger partial charge in [0.15, 0.2) is 0 Å². The van der Waals surface area contributed by atoms with E-state index in [1.807, 2.05) is 18.2 Å². The molecule has 118 valence electrons. The van der Waals surface area contributed by atoms with E-state index in [9.17, 15) is 0 Å². The van der Waals surface area contributed by atoms with E-state index < -0.39 is 0 Å². The Bertz CT molecular complexity index is 975. The summed E-state index contributed by atoms with van der Waals surface area (Å²) in [7, 11) is 1.70. The van der Waals surface area contributed by atoms with Gasteiger partial charge in [0.1, 0.15) is 5.75 Å². The van der Waals surface area contributed by atoms with Crippen LogP contribution in [0.15, 0.2) is 95.0 Å². The fourth-order valence-corrected chi connectivity index (χ4v) is 3.90. The summed E-state index contributed by atoms with van der Waals surface area (Å²) in [6.07, 6.45) is 2.12. The van der Waals surface area contributed by atoms with E-state index >= 15 is 0 Å². The van der Waals surface area contributed by atoms with Crippen molar-refractivity contribution in [1.82, 2.24) is 4.40 Å². The van der Waals surface area contributed by atoms with Gasteiger partial charge in [0.25, 0.3) is 0 Å². The summed E-state index contributed by atoms with van der Waals surface area (Å²) in [4.78, 5) is 1.16. The molecule has 2 aromatic carbocycles. The van der Waals surface area contributed by atoms with Gasteiger partial charge in [-0.3, -0.25) is 0 Å². The van der Waals surface area contributed by atoms with Gasteiger partial charge in [0, 0.05) is 22.2 Å². The van der Waals surface area contributed by atoms with E-state index in [2.05, 4.69) is 71.3 Å². The van der Waals surface area contributed by atoms with Crippen LogP contribution in [0, 0.1) is 0 Å². The molecule has 2 nitrogen and oxygen atoms in total. The minimum absolute atomic E-state index is 0.877. The molecule has 0 fully saturated rings. The van der Waals surface area contributed by atoms with Gasteiger partial charge >= 0.3 is 0 Å². The zero-order valence-electron chi connectivity index (χ0n) is 13.3. The van der Waals surface area contributed by atoms with Gasteiger partial charge < -0.3 is 9.14 Å². The van der Waals surface area contributed by atoms with Gasteiger partial charge in [-0.2, -0.15) is 0 Å². The molecule has 0 atom stereocenters. The van der Waals surface area contributed by atoms with Crippen LogP contribution in [0.2, 0.25) is 0 Å². The van der Waals surface area contributed by atoms with Crippen molar-refractivity contribution in [3.63, 3.8) is 0 Å². The molecule has 0 radical (unpaired) electrons. The van der Waals surface area contributed by atoms with E-state index in [0.717, 1.165) is 10.6 Å². The summed E-state index contributed by atoms with van der Waals surface area (Å²) in [6, 6.07) is 27.2. The highest BCUT2D eigenvalue weighted by Crippen LogP contribution is 2.39. The summed E-state index contributed by atoms with van der Waals surface area (Å²) in [5.41, 5.74) is 3.67. The molecule has 0 unspecified atom stereocenters. The zero-order valence-corrected chi connectivity index (χ0v) is 14.2. The van der Waals surface area contributed by atoms with E-state index in [1.165, 1.54) is 21.7 Å². The molecule has 0 aliphatic carbocycles. The lowest BCUT2D eigenvalue weighted by atomic mass is 10.1. The summed E-state index contributed by atoms with van der Waals surface area (Å²) in [5.74, 6) is 0.877. The number of hydrogen-bond acceptors (Lipinski definition) is 2. The monoisotopic (exact) mass is 331 g/mol. The van der Waals surface area contributed by atoms with Crippen molar-refractivity contribution in [2.75, 3.05) is 7.11 Å². The third-order valence-electron chi connectivity index (χ3n) is 3.97. The topological polar surface area (TPSA) is 13.6 Å². The largest absolute Gasteiger partial charge is 0.497 e. The highest BCUT2D eigenvalue weighted by atomic mass is 32.2. The van der Waals surface area contributed by atoms with Crippen LogP contribution in [0.3, 0.4) is 0 Å². The molecule has 0 amide bonds. The molecule has 0 saturated carbocycles. The number of nitrogens with zero attached hydrogens (tertiary/aromatic N) is 1. The molecule has 0 bridgehead atoms. The highest BCUT2D eigenvalue weighted by molar-refractivity contribution is 7.99. The number of benzene rings is 2. The lowest BCUT2D eigenvalue weighted by Crippen LogP contribution is -1.87. The standard InChI is InChI=1S/C21H17NOS/c1-23-18-11-7-12-19(15-18)24-21-20(16-8-3-2-4-9-16)14-17-10-5-6-13-22(17)21/h2-15H,1H3. The third kappa shape index (κ3) is 2.79. The minimum Gasteiger partial charge on any atom is -0.497 e. The average molecular weight is 331 g/mol.